The molecule has 1 amide bonds. The summed E-state index contributed by atoms with van der Waals surface area (Å²) in [6.07, 6.45) is 4.66. The van der Waals surface area contributed by atoms with Gasteiger partial charge in [-0.25, -0.2) is 0 Å². The lowest BCUT2D eigenvalue weighted by atomic mass is 9.98. The molecular weight excluding hydrogens is 264 g/mol. The number of hydrogen-bond donors (Lipinski definition) is 2. The molecule has 1 aromatic rings. The van der Waals surface area contributed by atoms with Gasteiger partial charge in [-0.3, -0.25) is 10.1 Å². The lowest BCUT2D eigenvalue weighted by molar-refractivity contribution is -0.123. The molecule has 0 aliphatic heterocycles. The third-order valence-corrected chi connectivity index (χ3v) is 4.07. The zero-order valence-electron chi connectivity index (χ0n) is 13.0. The van der Waals surface area contributed by atoms with Gasteiger partial charge in [-0.1, -0.05) is 30.7 Å². The van der Waals surface area contributed by atoms with Gasteiger partial charge in [0, 0.05) is 19.7 Å². The zero-order valence-corrected chi connectivity index (χ0v) is 13.0. The number of ether oxygens (including phenoxy) is 1. The summed E-state index contributed by atoms with van der Waals surface area (Å²) in [6, 6.07) is 8.65. The average Bonchev–Trinajstić information content (AvgIpc) is 2.70. The number of benzene rings is 1. The van der Waals surface area contributed by atoms with E-state index in [1.165, 1.54) is 24.0 Å². The van der Waals surface area contributed by atoms with Gasteiger partial charge in [0.15, 0.2) is 0 Å². The van der Waals surface area contributed by atoms with Gasteiger partial charge in [0.1, 0.15) is 0 Å². The number of carbonyl (C=O) groups is 1. The van der Waals surface area contributed by atoms with Crippen LogP contribution in [0.25, 0.3) is 0 Å². The van der Waals surface area contributed by atoms with Crippen LogP contribution in [-0.4, -0.2) is 32.2 Å². The van der Waals surface area contributed by atoms with Crippen LogP contribution in [0.5, 0.6) is 0 Å². The van der Waals surface area contributed by atoms with Crippen LogP contribution in [0.3, 0.4) is 0 Å². The molecule has 0 bridgehead atoms. The van der Waals surface area contributed by atoms with Crippen LogP contribution >= 0.6 is 0 Å². The smallest absolute Gasteiger partial charge is 0.236 e. The Balaban J connectivity index is 1.97. The fourth-order valence-electron chi connectivity index (χ4n) is 2.90. The monoisotopic (exact) mass is 290 g/mol. The third kappa shape index (κ3) is 4.55. The molecule has 0 spiro atoms. The summed E-state index contributed by atoms with van der Waals surface area (Å²) in [5.74, 6) is 0.0359. The zero-order chi connectivity index (χ0) is 15.1. The highest BCUT2D eigenvalue weighted by Crippen LogP contribution is 2.28. The first-order chi connectivity index (χ1) is 10.2. The minimum Gasteiger partial charge on any atom is -0.383 e. The molecule has 21 heavy (non-hydrogen) atoms. The molecule has 0 saturated carbocycles. The number of rotatable bonds is 6. The van der Waals surface area contributed by atoms with Gasteiger partial charge < -0.3 is 10.1 Å². The first-order valence-corrected chi connectivity index (χ1v) is 7.83. The maximum atomic E-state index is 12.1. The molecule has 2 N–H and O–H groups in total. The van der Waals surface area contributed by atoms with E-state index in [1.54, 1.807) is 7.11 Å². The number of carbonyl (C=O) groups excluding carboxylic acids is 1. The van der Waals surface area contributed by atoms with Crippen molar-refractivity contribution < 1.29 is 9.53 Å². The Labute approximate surface area is 127 Å². The normalized spacial score (nSPS) is 19.4. The van der Waals surface area contributed by atoms with E-state index in [4.69, 9.17) is 4.74 Å². The van der Waals surface area contributed by atoms with Crippen molar-refractivity contribution in [1.29, 1.82) is 0 Å². The standard InChI is InChI=1S/C17H26N2O2/c1-13(17(20)18-11-12-21-2)19-16-10-6-4-8-14-7-3-5-9-15(14)16/h3,5,7,9,13,16,19H,4,6,8,10-12H2,1-2H3,(H,18,20). The largest absolute Gasteiger partial charge is 0.383 e. The van der Waals surface area contributed by atoms with Crippen LogP contribution in [-0.2, 0) is 16.0 Å². The minimum atomic E-state index is -0.196. The van der Waals surface area contributed by atoms with Crippen LogP contribution in [0.1, 0.15) is 43.4 Å². The van der Waals surface area contributed by atoms with E-state index in [2.05, 4.69) is 34.9 Å². The molecular formula is C17H26N2O2. The van der Waals surface area contributed by atoms with Gasteiger partial charge in [0.05, 0.1) is 12.6 Å². The summed E-state index contributed by atoms with van der Waals surface area (Å²) < 4.78 is 4.95. The van der Waals surface area contributed by atoms with E-state index in [1.807, 2.05) is 6.92 Å². The molecule has 4 heteroatoms. The van der Waals surface area contributed by atoms with Gasteiger partial charge in [0.2, 0.25) is 5.91 Å². The van der Waals surface area contributed by atoms with Gasteiger partial charge in [0.25, 0.3) is 0 Å². The molecule has 0 fully saturated rings. The minimum absolute atomic E-state index is 0.0359. The number of methoxy groups -OCH3 is 1. The highest BCUT2D eigenvalue weighted by Gasteiger charge is 2.22. The molecule has 1 aliphatic carbocycles. The summed E-state index contributed by atoms with van der Waals surface area (Å²) in [6.45, 7) is 3.03. The van der Waals surface area contributed by atoms with E-state index in [0.29, 0.717) is 13.2 Å². The second kappa shape index (κ2) is 8.15. The molecule has 0 heterocycles. The fraction of sp³-hybridized carbons (Fsp3) is 0.588. The highest BCUT2D eigenvalue weighted by molar-refractivity contribution is 5.81. The van der Waals surface area contributed by atoms with Gasteiger partial charge in [-0.2, -0.15) is 0 Å². The van der Waals surface area contributed by atoms with Crippen LogP contribution in [0.2, 0.25) is 0 Å². The molecule has 1 aliphatic rings. The first-order valence-electron chi connectivity index (χ1n) is 7.83. The number of hydrogen-bond acceptors (Lipinski definition) is 3. The summed E-state index contributed by atoms with van der Waals surface area (Å²) >= 11 is 0. The molecule has 2 atom stereocenters. The molecule has 0 saturated heterocycles. The Kier molecular flexibility index (Phi) is 6.21. The van der Waals surface area contributed by atoms with Gasteiger partial charge in [-0.05, 0) is 37.3 Å². The fourth-order valence-corrected chi connectivity index (χ4v) is 2.90. The summed E-state index contributed by atoms with van der Waals surface area (Å²) in [4.78, 5) is 12.1. The van der Waals surface area contributed by atoms with Crippen molar-refractivity contribution in [3.63, 3.8) is 0 Å². The number of fused-ring (bicyclic) bond motifs is 1. The quantitative estimate of drug-likeness (QED) is 0.624. The lowest BCUT2D eigenvalue weighted by Crippen LogP contribution is -2.44. The topological polar surface area (TPSA) is 50.4 Å². The van der Waals surface area contributed by atoms with Crippen molar-refractivity contribution in [1.82, 2.24) is 10.6 Å². The van der Waals surface area contributed by atoms with Crippen molar-refractivity contribution in [2.24, 2.45) is 0 Å². The predicted octanol–water partition coefficient (Wildman–Crippen LogP) is 2.19. The summed E-state index contributed by atoms with van der Waals surface area (Å²) in [5, 5.41) is 6.37. The summed E-state index contributed by atoms with van der Waals surface area (Å²) in [7, 11) is 1.64. The van der Waals surface area contributed by atoms with Crippen molar-refractivity contribution >= 4 is 5.91 Å². The van der Waals surface area contributed by atoms with E-state index < -0.39 is 0 Å². The Morgan fingerprint density at radius 1 is 1.38 bits per heavy atom. The molecule has 2 rings (SSSR count). The van der Waals surface area contributed by atoms with Gasteiger partial charge >= 0.3 is 0 Å². The molecule has 4 nitrogen and oxygen atoms in total. The Hall–Kier alpha value is -1.39. The van der Waals surface area contributed by atoms with Crippen molar-refractivity contribution in [2.75, 3.05) is 20.3 Å². The van der Waals surface area contributed by atoms with E-state index in [9.17, 15) is 4.79 Å². The number of amides is 1. The summed E-state index contributed by atoms with van der Waals surface area (Å²) in [5.41, 5.74) is 2.77. The van der Waals surface area contributed by atoms with E-state index >= 15 is 0 Å². The predicted molar refractivity (Wildman–Crippen MR) is 84.2 cm³/mol. The van der Waals surface area contributed by atoms with Crippen LogP contribution in [0.4, 0.5) is 0 Å². The third-order valence-electron chi connectivity index (χ3n) is 4.07. The van der Waals surface area contributed by atoms with E-state index in [-0.39, 0.29) is 18.0 Å². The number of aryl methyl sites for hydroxylation is 1. The molecule has 116 valence electrons. The SMILES string of the molecule is COCCNC(=O)C(C)NC1CCCCc2ccccc21. The van der Waals surface area contributed by atoms with Crippen molar-refractivity contribution in [3.8, 4) is 0 Å². The Morgan fingerprint density at radius 2 is 2.19 bits per heavy atom. The highest BCUT2D eigenvalue weighted by atomic mass is 16.5. The Bertz CT molecular complexity index is 462. The average molecular weight is 290 g/mol. The van der Waals surface area contributed by atoms with Crippen LogP contribution in [0.15, 0.2) is 24.3 Å². The van der Waals surface area contributed by atoms with Crippen LogP contribution < -0.4 is 10.6 Å². The molecule has 2 unspecified atom stereocenters. The lowest BCUT2D eigenvalue weighted by Gasteiger charge is -2.23. The van der Waals surface area contributed by atoms with Crippen molar-refractivity contribution in [2.45, 2.75) is 44.7 Å². The molecule has 0 radical (unpaired) electrons. The Morgan fingerprint density at radius 3 is 3.00 bits per heavy atom. The van der Waals surface area contributed by atoms with Gasteiger partial charge in [-0.15, -0.1) is 0 Å². The molecule has 1 aromatic carbocycles. The van der Waals surface area contributed by atoms with Crippen molar-refractivity contribution in [3.05, 3.63) is 35.4 Å². The second-order valence-electron chi connectivity index (χ2n) is 5.67. The first kappa shape index (κ1) is 16.0. The number of nitrogens with one attached hydrogen (secondary N) is 2. The maximum absolute atomic E-state index is 12.1. The maximum Gasteiger partial charge on any atom is 0.236 e. The second-order valence-corrected chi connectivity index (χ2v) is 5.67. The van der Waals surface area contributed by atoms with E-state index in [0.717, 1.165) is 12.8 Å². The van der Waals surface area contributed by atoms with Crippen LogP contribution in [0, 0.1) is 0 Å². The molecule has 0 aromatic heterocycles.